The smallest absolute Gasteiger partial charge is 0.246 e. The molecule has 1 amide bonds. The Balaban J connectivity index is 1.63. The van der Waals surface area contributed by atoms with Crippen LogP contribution in [0.4, 0.5) is 0 Å². The Kier molecular flexibility index (Phi) is 5.50. The molecule has 0 spiro atoms. The lowest BCUT2D eigenvalue weighted by Crippen LogP contribution is -2.50. The predicted molar refractivity (Wildman–Crippen MR) is 99.3 cm³/mol. The largest absolute Gasteiger partial charge is 0.462 e. The van der Waals surface area contributed by atoms with E-state index >= 15 is 0 Å². The fourth-order valence-corrected chi connectivity index (χ4v) is 4.66. The Morgan fingerprint density at radius 3 is 2.42 bits per heavy atom. The van der Waals surface area contributed by atoms with Crippen LogP contribution in [0.15, 0.2) is 51.8 Å². The van der Waals surface area contributed by atoms with Crippen molar-refractivity contribution in [3.05, 3.63) is 59.0 Å². The molecule has 1 fully saturated rings. The maximum atomic E-state index is 12.7. The molecule has 1 aliphatic rings. The summed E-state index contributed by atoms with van der Waals surface area (Å²) in [6, 6.07) is 9.97. The monoisotopic (exact) mass is 394 g/mol. The summed E-state index contributed by atoms with van der Waals surface area (Å²) in [7, 11) is -3.66. The Morgan fingerprint density at radius 1 is 1.12 bits per heavy atom. The van der Waals surface area contributed by atoms with Crippen molar-refractivity contribution in [3.63, 3.8) is 0 Å². The third-order valence-electron chi connectivity index (χ3n) is 4.16. The minimum atomic E-state index is -3.66. The molecule has 6 nitrogen and oxygen atoms in total. The van der Waals surface area contributed by atoms with E-state index < -0.39 is 10.0 Å². The number of carbonyl (C=O) groups excluding carboxylic acids is 1. The first kappa shape index (κ1) is 18.7. The van der Waals surface area contributed by atoms with Crippen LogP contribution in [0.25, 0.3) is 6.08 Å². The molecule has 2 heterocycles. The van der Waals surface area contributed by atoms with Crippen LogP contribution in [0.5, 0.6) is 0 Å². The third-order valence-corrected chi connectivity index (χ3v) is 6.55. The van der Waals surface area contributed by atoms with Gasteiger partial charge in [-0.25, -0.2) is 8.42 Å². The van der Waals surface area contributed by atoms with Gasteiger partial charge in [-0.05, 0) is 37.3 Å². The molecule has 3 rings (SSSR count). The summed E-state index contributed by atoms with van der Waals surface area (Å²) in [5, 5.41) is 0.197. The van der Waals surface area contributed by atoms with Gasteiger partial charge in [-0.2, -0.15) is 4.31 Å². The quantitative estimate of drug-likeness (QED) is 0.747. The number of sulfonamides is 1. The second kappa shape index (κ2) is 7.65. The number of benzene rings is 1. The van der Waals surface area contributed by atoms with Crippen molar-refractivity contribution in [1.29, 1.82) is 0 Å². The van der Waals surface area contributed by atoms with Crippen LogP contribution in [0.3, 0.4) is 0 Å². The van der Waals surface area contributed by atoms with E-state index in [1.165, 1.54) is 16.4 Å². The van der Waals surface area contributed by atoms with E-state index in [9.17, 15) is 13.2 Å². The van der Waals surface area contributed by atoms with Gasteiger partial charge in [-0.3, -0.25) is 4.79 Å². The molecule has 0 atom stereocenters. The highest BCUT2D eigenvalue weighted by molar-refractivity contribution is 7.89. The summed E-state index contributed by atoms with van der Waals surface area (Å²) in [4.78, 5) is 14.0. The second-order valence-electron chi connectivity index (χ2n) is 5.94. The number of halogens is 1. The molecular weight excluding hydrogens is 376 g/mol. The fourth-order valence-electron chi connectivity index (χ4n) is 2.74. The Labute approximate surface area is 157 Å². The number of nitrogens with zero attached hydrogens (tertiary/aromatic N) is 2. The summed E-state index contributed by atoms with van der Waals surface area (Å²) < 4.78 is 32.2. The molecule has 138 valence electrons. The second-order valence-corrected chi connectivity index (χ2v) is 8.26. The SMILES string of the molecule is Cc1ccc(/C=C/C(=O)N2CCN(S(=O)(=O)c3ccccc3Cl)CC2)o1. The van der Waals surface area contributed by atoms with Crippen LogP contribution in [0.2, 0.25) is 5.02 Å². The zero-order chi connectivity index (χ0) is 18.7. The first-order chi connectivity index (χ1) is 12.4. The van der Waals surface area contributed by atoms with Crippen LogP contribution in [-0.4, -0.2) is 49.7 Å². The van der Waals surface area contributed by atoms with Gasteiger partial charge in [-0.15, -0.1) is 0 Å². The number of piperazine rings is 1. The van der Waals surface area contributed by atoms with E-state index in [2.05, 4.69) is 0 Å². The fraction of sp³-hybridized carbons (Fsp3) is 0.278. The van der Waals surface area contributed by atoms with Crippen molar-refractivity contribution in [2.45, 2.75) is 11.8 Å². The lowest BCUT2D eigenvalue weighted by atomic mass is 10.3. The number of furan rings is 1. The minimum Gasteiger partial charge on any atom is -0.462 e. The molecule has 2 aromatic rings. The summed E-state index contributed by atoms with van der Waals surface area (Å²) in [5.41, 5.74) is 0. The molecule has 0 saturated carbocycles. The van der Waals surface area contributed by atoms with E-state index in [4.69, 9.17) is 16.0 Å². The number of aryl methyl sites for hydroxylation is 1. The molecule has 1 aromatic carbocycles. The standard InChI is InChI=1S/C18H19ClN2O4S/c1-14-6-7-15(25-14)8-9-18(22)20-10-12-21(13-11-20)26(23,24)17-5-3-2-4-16(17)19/h2-9H,10-13H2,1H3/b9-8+. The number of carbonyl (C=O) groups is 1. The average molecular weight is 395 g/mol. The van der Waals surface area contributed by atoms with E-state index in [1.807, 2.05) is 13.0 Å². The molecule has 1 aliphatic heterocycles. The molecule has 0 aliphatic carbocycles. The molecule has 26 heavy (non-hydrogen) atoms. The minimum absolute atomic E-state index is 0.0922. The van der Waals surface area contributed by atoms with Gasteiger partial charge < -0.3 is 9.32 Å². The molecule has 1 aromatic heterocycles. The first-order valence-corrected chi connectivity index (χ1v) is 9.98. The van der Waals surface area contributed by atoms with E-state index in [0.717, 1.165) is 5.76 Å². The van der Waals surface area contributed by atoms with Gasteiger partial charge in [0.05, 0.1) is 5.02 Å². The summed E-state index contributed by atoms with van der Waals surface area (Å²) in [6.45, 7) is 2.94. The maximum absolute atomic E-state index is 12.7. The van der Waals surface area contributed by atoms with E-state index in [1.54, 1.807) is 35.2 Å². The van der Waals surface area contributed by atoms with Crippen LogP contribution in [0.1, 0.15) is 11.5 Å². The number of hydrogen-bond acceptors (Lipinski definition) is 4. The summed E-state index contributed by atoms with van der Waals surface area (Å²) in [6.07, 6.45) is 3.05. The number of amides is 1. The summed E-state index contributed by atoms with van der Waals surface area (Å²) >= 11 is 6.02. The van der Waals surface area contributed by atoms with Crippen molar-refractivity contribution in [2.75, 3.05) is 26.2 Å². The highest BCUT2D eigenvalue weighted by atomic mass is 35.5. The molecule has 8 heteroatoms. The van der Waals surface area contributed by atoms with Gasteiger partial charge in [-0.1, -0.05) is 23.7 Å². The Hall–Kier alpha value is -2.09. The highest BCUT2D eigenvalue weighted by Gasteiger charge is 2.30. The Bertz CT molecular complexity index is 928. The zero-order valence-corrected chi connectivity index (χ0v) is 15.8. The van der Waals surface area contributed by atoms with Gasteiger partial charge in [0.15, 0.2) is 0 Å². The number of hydrogen-bond donors (Lipinski definition) is 0. The van der Waals surface area contributed by atoms with Crippen LogP contribution < -0.4 is 0 Å². The normalized spacial score (nSPS) is 16.3. The molecule has 0 radical (unpaired) electrons. The topological polar surface area (TPSA) is 70.8 Å². The van der Waals surface area contributed by atoms with Crippen molar-refractivity contribution in [1.82, 2.24) is 9.21 Å². The lowest BCUT2D eigenvalue weighted by Gasteiger charge is -2.33. The molecule has 1 saturated heterocycles. The van der Waals surface area contributed by atoms with Gasteiger partial charge in [0, 0.05) is 32.3 Å². The van der Waals surface area contributed by atoms with Gasteiger partial charge in [0.1, 0.15) is 16.4 Å². The highest BCUT2D eigenvalue weighted by Crippen LogP contribution is 2.25. The molecule has 0 N–H and O–H groups in total. The number of rotatable bonds is 4. The van der Waals surface area contributed by atoms with Gasteiger partial charge in [0.25, 0.3) is 0 Å². The zero-order valence-electron chi connectivity index (χ0n) is 14.3. The van der Waals surface area contributed by atoms with E-state index in [-0.39, 0.29) is 28.9 Å². The lowest BCUT2D eigenvalue weighted by molar-refractivity contribution is -0.127. The van der Waals surface area contributed by atoms with Crippen LogP contribution in [-0.2, 0) is 14.8 Å². The molecule has 0 unspecified atom stereocenters. The van der Waals surface area contributed by atoms with Crippen molar-refractivity contribution < 1.29 is 17.6 Å². The van der Waals surface area contributed by atoms with Crippen LogP contribution >= 0.6 is 11.6 Å². The predicted octanol–water partition coefficient (Wildman–Crippen LogP) is 2.79. The third kappa shape index (κ3) is 4.00. The average Bonchev–Trinajstić information content (AvgIpc) is 3.05. The van der Waals surface area contributed by atoms with Gasteiger partial charge >= 0.3 is 0 Å². The first-order valence-electron chi connectivity index (χ1n) is 8.16. The summed E-state index contributed by atoms with van der Waals surface area (Å²) in [5.74, 6) is 1.21. The molecular formula is C18H19ClN2O4S. The van der Waals surface area contributed by atoms with Crippen molar-refractivity contribution in [2.24, 2.45) is 0 Å². The maximum Gasteiger partial charge on any atom is 0.246 e. The van der Waals surface area contributed by atoms with Crippen molar-refractivity contribution >= 4 is 33.6 Å². The van der Waals surface area contributed by atoms with E-state index in [0.29, 0.717) is 18.8 Å². The molecule has 0 bridgehead atoms. The van der Waals surface area contributed by atoms with Gasteiger partial charge in [0.2, 0.25) is 15.9 Å². The Morgan fingerprint density at radius 2 is 1.81 bits per heavy atom. The van der Waals surface area contributed by atoms with Crippen LogP contribution in [0, 0.1) is 6.92 Å². The van der Waals surface area contributed by atoms with Crippen molar-refractivity contribution in [3.8, 4) is 0 Å².